The summed E-state index contributed by atoms with van der Waals surface area (Å²) < 4.78 is 19.7. The second-order valence-electron chi connectivity index (χ2n) is 5.60. The van der Waals surface area contributed by atoms with Crippen molar-refractivity contribution < 1.29 is 9.13 Å². The average molecular weight is 287 g/mol. The van der Waals surface area contributed by atoms with Crippen LogP contribution >= 0.6 is 0 Å². The molecule has 2 aromatic carbocycles. The molecule has 0 unspecified atom stereocenters. The van der Waals surface area contributed by atoms with Crippen LogP contribution in [0.15, 0.2) is 36.4 Å². The Kier molecular flexibility index (Phi) is 4.97. The van der Waals surface area contributed by atoms with Gasteiger partial charge in [0.15, 0.2) is 0 Å². The van der Waals surface area contributed by atoms with Gasteiger partial charge >= 0.3 is 0 Å². The van der Waals surface area contributed by atoms with Gasteiger partial charge in [0, 0.05) is 12.1 Å². The summed E-state index contributed by atoms with van der Waals surface area (Å²) in [7, 11) is 0. The number of halogens is 1. The minimum atomic E-state index is -0.268. The van der Waals surface area contributed by atoms with Crippen LogP contribution in [-0.2, 0) is 13.2 Å². The molecular weight excluding hydrogens is 265 g/mol. The molecule has 0 aromatic heterocycles. The van der Waals surface area contributed by atoms with Gasteiger partial charge in [-0.3, -0.25) is 0 Å². The minimum absolute atomic E-state index is 0.221. The first-order chi connectivity index (χ1) is 10.0. The maximum Gasteiger partial charge on any atom is 0.130 e. The van der Waals surface area contributed by atoms with Gasteiger partial charge < -0.3 is 10.5 Å². The standard InChI is InChI=1S/C18H22FNO/c1-12(2)15-6-4-13(3)18(9-15)21-11-16-7-5-14(10-20)8-17(16)19/h4-9,12H,10-11,20H2,1-3H3. The molecule has 2 nitrogen and oxygen atoms in total. The van der Waals surface area contributed by atoms with Gasteiger partial charge in [-0.15, -0.1) is 0 Å². The Hall–Kier alpha value is -1.87. The van der Waals surface area contributed by atoms with Gasteiger partial charge in [0.05, 0.1) is 0 Å². The lowest BCUT2D eigenvalue weighted by Gasteiger charge is -2.13. The monoisotopic (exact) mass is 287 g/mol. The van der Waals surface area contributed by atoms with Gasteiger partial charge in [-0.2, -0.15) is 0 Å². The molecule has 3 heteroatoms. The number of nitrogens with two attached hydrogens (primary N) is 1. The van der Waals surface area contributed by atoms with Crippen molar-refractivity contribution >= 4 is 0 Å². The van der Waals surface area contributed by atoms with Crippen LogP contribution in [0.25, 0.3) is 0 Å². The zero-order valence-corrected chi connectivity index (χ0v) is 12.8. The van der Waals surface area contributed by atoms with E-state index in [2.05, 4.69) is 19.9 Å². The fraction of sp³-hybridized carbons (Fsp3) is 0.333. The summed E-state index contributed by atoms with van der Waals surface area (Å²) in [5, 5.41) is 0. The average Bonchev–Trinajstić information content (AvgIpc) is 2.47. The highest BCUT2D eigenvalue weighted by molar-refractivity contribution is 5.38. The van der Waals surface area contributed by atoms with Crippen molar-refractivity contribution in [3.8, 4) is 5.75 Å². The lowest BCUT2D eigenvalue weighted by Crippen LogP contribution is -2.03. The third-order valence-corrected chi connectivity index (χ3v) is 3.62. The molecular formula is C18H22FNO. The minimum Gasteiger partial charge on any atom is -0.489 e. The Morgan fingerprint density at radius 3 is 2.52 bits per heavy atom. The molecule has 2 aromatic rings. The highest BCUT2D eigenvalue weighted by atomic mass is 19.1. The Labute approximate surface area is 125 Å². The van der Waals surface area contributed by atoms with Gasteiger partial charge in [0.1, 0.15) is 18.2 Å². The Morgan fingerprint density at radius 2 is 1.90 bits per heavy atom. The van der Waals surface area contributed by atoms with Gasteiger partial charge in [-0.05, 0) is 41.7 Å². The van der Waals surface area contributed by atoms with Crippen molar-refractivity contribution in [1.29, 1.82) is 0 Å². The maximum atomic E-state index is 13.9. The molecule has 0 heterocycles. The summed E-state index contributed by atoms with van der Waals surface area (Å²) in [5.41, 5.74) is 9.10. The first-order valence-corrected chi connectivity index (χ1v) is 7.22. The molecule has 21 heavy (non-hydrogen) atoms. The SMILES string of the molecule is Cc1ccc(C(C)C)cc1OCc1ccc(CN)cc1F. The van der Waals surface area contributed by atoms with Crippen LogP contribution < -0.4 is 10.5 Å². The van der Waals surface area contributed by atoms with Crippen LogP contribution in [0.2, 0.25) is 0 Å². The molecule has 0 aliphatic carbocycles. The van der Waals surface area contributed by atoms with E-state index in [4.69, 9.17) is 10.5 Å². The van der Waals surface area contributed by atoms with Crippen LogP contribution in [0.5, 0.6) is 5.75 Å². The summed E-state index contributed by atoms with van der Waals surface area (Å²) in [6, 6.07) is 11.2. The van der Waals surface area contributed by atoms with E-state index in [1.165, 1.54) is 11.6 Å². The van der Waals surface area contributed by atoms with Crippen molar-refractivity contribution in [3.05, 3.63) is 64.5 Å². The van der Waals surface area contributed by atoms with E-state index < -0.39 is 0 Å². The number of aryl methyl sites for hydroxylation is 1. The third-order valence-electron chi connectivity index (χ3n) is 3.62. The van der Waals surface area contributed by atoms with E-state index in [0.29, 0.717) is 18.0 Å². The third kappa shape index (κ3) is 3.82. The van der Waals surface area contributed by atoms with Crippen molar-refractivity contribution in [2.24, 2.45) is 5.73 Å². The molecule has 0 aliphatic heterocycles. The molecule has 0 radical (unpaired) electrons. The summed E-state index contributed by atoms with van der Waals surface area (Å²) in [6.07, 6.45) is 0. The molecule has 0 spiro atoms. The predicted octanol–water partition coefficient (Wildman–Crippen LogP) is 4.30. The van der Waals surface area contributed by atoms with Crippen molar-refractivity contribution in [2.45, 2.75) is 39.8 Å². The zero-order valence-electron chi connectivity index (χ0n) is 12.8. The molecule has 0 amide bonds. The summed E-state index contributed by atoms with van der Waals surface area (Å²) in [6.45, 7) is 6.83. The van der Waals surface area contributed by atoms with Crippen molar-refractivity contribution in [2.75, 3.05) is 0 Å². The van der Waals surface area contributed by atoms with Crippen molar-refractivity contribution in [1.82, 2.24) is 0 Å². The van der Waals surface area contributed by atoms with Crippen LogP contribution in [-0.4, -0.2) is 0 Å². The number of ether oxygens (including phenoxy) is 1. The first kappa shape index (κ1) is 15.5. The van der Waals surface area contributed by atoms with E-state index in [1.54, 1.807) is 6.07 Å². The largest absolute Gasteiger partial charge is 0.489 e. The van der Waals surface area contributed by atoms with E-state index >= 15 is 0 Å². The molecule has 2 rings (SSSR count). The quantitative estimate of drug-likeness (QED) is 0.890. The number of hydrogen-bond acceptors (Lipinski definition) is 2. The van der Waals surface area contributed by atoms with Crippen LogP contribution in [0.1, 0.15) is 42.0 Å². The van der Waals surface area contributed by atoms with Gasteiger partial charge in [0.2, 0.25) is 0 Å². The second kappa shape index (κ2) is 6.72. The second-order valence-corrected chi connectivity index (χ2v) is 5.60. The van der Waals surface area contributed by atoms with E-state index in [1.807, 2.05) is 25.1 Å². The maximum absolute atomic E-state index is 13.9. The highest BCUT2D eigenvalue weighted by Gasteiger charge is 2.08. The first-order valence-electron chi connectivity index (χ1n) is 7.22. The van der Waals surface area contributed by atoms with Gasteiger partial charge in [0.25, 0.3) is 0 Å². The Bertz CT molecular complexity index is 623. The smallest absolute Gasteiger partial charge is 0.130 e. The summed E-state index contributed by atoms with van der Waals surface area (Å²) >= 11 is 0. The summed E-state index contributed by atoms with van der Waals surface area (Å²) in [4.78, 5) is 0. The van der Waals surface area contributed by atoms with E-state index in [-0.39, 0.29) is 12.4 Å². The van der Waals surface area contributed by atoms with Gasteiger partial charge in [-0.25, -0.2) is 4.39 Å². The number of rotatable bonds is 5. The van der Waals surface area contributed by atoms with E-state index in [9.17, 15) is 4.39 Å². The molecule has 0 bridgehead atoms. The molecule has 112 valence electrons. The molecule has 0 fully saturated rings. The topological polar surface area (TPSA) is 35.2 Å². The fourth-order valence-electron chi connectivity index (χ4n) is 2.12. The van der Waals surface area contributed by atoms with Crippen LogP contribution in [0.4, 0.5) is 4.39 Å². The molecule has 0 saturated carbocycles. The van der Waals surface area contributed by atoms with E-state index in [0.717, 1.165) is 16.9 Å². The summed E-state index contributed by atoms with van der Waals surface area (Å²) in [5.74, 6) is 0.979. The molecule has 2 N–H and O–H groups in total. The van der Waals surface area contributed by atoms with Crippen LogP contribution in [0, 0.1) is 12.7 Å². The molecule has 0 atom stereocenters. The fourth-order valence-corrected chi connectivity index (χ4v) is 2.12. The molecule has 0 aliphatic rings. The lowest BCUT2D eigenvalue weighted by molar-refractivity contribution is 0.297. The predicted molar refractivity (Wildman–Crippen MR) is 83.9 cm³/mol. The Morgan fingerprint density at radius 1 is 1.14 bits per heavy atom. The lowest BCUT2D eigenvalue weighted by atomic mass is 10.0. The normalized spacial score (nSPS) is 11.0. The van der Waals surface area contributed by atoms with Crippen molar-refractivity contribution in [3.63, 3.8) is 0 Å². The zero-order chi connectivity index (χ0) is 15.4. The van der Waals surface area contributed by atoms with Gasteiger partial charge in [-0.1, -0.05) is 38.1 Å². The number of benzene rings is 2. The van der Waals surface area contributed by atoms with Crippen LogP contribution in [0.3, 0.4) is 0 Å². The Balaban J connectivity index is 2.14. The number of hydrogen-bond donors (Lipinski definition) is 1. The highest BCUT2D eigenvalue weighted by Crippen LogP contribution is 2.25. The molecule has 0 saturated heterocycles.